The predicted octanol–water partition coefficient (Wildman–Crippen LogP) is 4.42. The minimum Gasteiger partial charge on any atom is -0.325 e. The normalized spacial score (nSPS) is 11.2. The Morgan fingerprint density at radius 1 is 0.938 bits per heavy atom. The van der Waals surface area contributed by atoms with E-state index in [-0.39, 0.29) is 23.7 Å². The maximum atomic E-state index is 13.3. The molecule has 0 aliphatic carbocycles. The van der Waals surface area contributed by atoms with Crippen molar-refractivity contribution in [3.63, 3.8) is 0 Å². The summed E-state index contributed by atoms with van der Waals surface area (Å²) in [6.07, 6.45) is 0. The van der Waals surface area contributed by atoms with E-state index in [1.807, 2.05) is 67.6 Å². The van der Waals surface area contributed by atoms with Crippen molar-refractivity contribution in [2.45, 2.75) is 13.5 Å². The standard InChI is InChI=1S/C24H18BrN5O2/c1-15-6-8-16(9-7-15)22-27-28-23-24(32)29(19-4-2-3-5-20(19)30(22)23)14-21(31)26-18-12-10-17(25)11-13-18/h2-13H,14H2,1H3,(H,26,31). The summed E-state index contributed by atoms with van der Waals surface area (Å²) in [7, 11) is 0. The summed E-state index contributed by atoms with van der Waals surface area (Å²) in [4.78, 5) is 26.1. The first kappa shape index (κ1) is 20.1. The van der Waals surface area contributed by atoms with Crippen LogP contribution in [0.1, 0.15) is 5.56 Å². The van der Waals surface area contributed by atoms with Crippen LogP contribution < -0.4 is 10.9 Å². The second-order valence-electron chi connectivity index (χ2n) is 7.48. The van der Waals surface area contributed by atoms with Crippen molar-refractivity contribution < 1.29 is 4.79 Å². The van der Waals surface area contributed by atoms with Crippen LogP contribution in [0.4, 0.5) is 5.69 Å². The van der Waals surface area contributed by atoms with Gasteiger partial charge in [0, 0.05) is 15.7 Å². The van der Waals surface area contributed by atoms with E-state index >= 15 is 0 Å². The van der Waals surface area contributed by atoms with Crippen molar-refractivity contribution in [3.8, 4) is 11.4 Å². The Balaban J connectivity index is 1.62. The number of para-hydroxylation sites is 2. The van der Waals surface area contributed by atoms with Crippen LogP contribution in [0.25, 0.3) is 28.1 Å². The molecule has 5 rings (SSSR count). The van der Waals surface area contributed by atoms with Crippen molar-refractivity contribution in [2.75, 3.05) is 5.32 Å². The Hall–Kier alpha value is -3.78. The number of hydrogen-bond donors (Lipinski definition) is 1. The maximum Gasteiger partial charge on any atom is 0.297 e. The number of fused-ring (bicyclic) bond motifs is 3. The predicted molar refractivity (Wildman–Crippen MR) is 128 cm³/mol. The molecule has 3 aromatic carbocycles. The highest BCUT2D eigenvalue weighted by Gasteiger charge is 2.18. The molecule has 5 aromatic rings. The molecule has 158 valence electrons. The highest BCUT2D eigenvalue weighted by molar-refractivity contribution is 9.10. The maximum absolute atomic E-state index is 13.3. The number of amides is 1. The number of aromatic nitrogens is 4. The van der Waals surface area contributed by atoms with Gasteiger partial charge in [-0.1, -0.05) is 57.9 Å². The van der Waals surface area contributed by atoms with Crippen LogP contribution >= 0.6 is 15.9 Å². The first-order valence-corrected chi connectivity index (χ1v) is 10.8. The van der Waals surface area contributed by atoms with Crippen LogP contribution in [0.5, 0.6) is 0 Å². The van der Waals surface area contributed by atoms with E-state index in [1.54, 1.807) is 16.5 Å². The molecule has 7 nitrogen and oxygen atoms in total. The fourth-order valence-electron chi connectivity index (χ4n) is 3.69. The van der Waals surface area contributed by atoms with E-state index < -0.39 is 0 Å². The molecule has 0 atom stereocenters. The van der Waals surface area contributed by atoms with Crippen molar-refractivity contribution >= 4 is 44.2 Å². The fourth-order valence-corrected chi connectivity index (χ4v) is 3.95. The van der Waals surface area contributed by atoms with Gasteiger partial charge < -0.3 is 5.32 Å². The number of benzene rings is 3. The largest absolute Gasteiger partial charge is 0.325 e. The zero-order chi connectivity index (χ0) is 22.2. The molecule has 0 unspecified atom stereocenters. The van der Waals surface area contributed by atoms with E-state index in [4.69, 9.17) is 0 Å². The Morgan fingerprint density at radius 3 is 2.34 bits per heavy atom. The number of carbonyl (C=O) groups is 1. The highest BCUT2D eigenvalue weighted by Crippen LogP contribution is 2.23. The number of anilines is 1. The zero-order valence-electron chi connectivity index (χ0n) is 17.1. The lowest BCUT2D eigenvalue weighted by Gasteiger charge is -2.13. The molecular formula is C24H18BrN5O2. The summed E-state index contributed by atoms with van der Waals surface area (Å²) >= 11 is 3.37. The first-order valence-electron chi connectivity index (χ1n) is 10.0. The van der Waals surface area contributed by atoms with Gasteiger partial charge in [0.2, 0.25) is 11.6 Å². The fraction of sp³-hybridized carbons (Fsp3) is 0.0833. The monoisotopic (exact) mass is 487 g/mol. The summed E-state index contributed by atoms with van der Waals surface area (Å²) in [6.45, 7) is 1.87. The third-order valence-corrected chi connectivity index (χ3v) is 5.78. The summed E-state index contributed by atoms with van der Waals surface area (Å²) in [6, 6.07) is 22.6. The number of halogens is 1. The van der Waals surface area contributed by atoms with Gasteiger partial charge in [-0.15, -0.1) is 10.2 Å². The van der Waals surface area contributed by atoms with Crippen molar-refractivity contribution in [1.29, 1.82) is 0 Å². The van der Waals surface area contributed by atoms with Crippen LogP contribution in [-0.4, -0.2) is 25.1 Å². The van der Waals surface area contributed by atoms with Gasteiger partial charge in [-0.05, 0) is 43.3 Å². The molecule has 0 saturated heterocycles. The van der Waals surface area contributed by atoms with Gasteiger partial charge in [-0.2, -0.15) is 0 Å². The molecule has 32 heavy (non-hydrogen) atoms. The third-order valence-electron chi connectivity index (χ3n) is 5.25. The van der Waals surface area contributed by atoms with Gasteiger partial charge >= 0.3 is 0 Å². The third kappa shape index (κ3) is 3.58. The van der Waals surface area contributed by atoms with Crippen molar-refractivity contribution in [1.82, 2.24) is 19.2 Å². The highest BCUT2D eigenvalue weighted by atomic mass is 79.9. The zero-order valence-corrected chi connectivity index (χ0v) is 18.7. The van der Waals surface area contributed by atoms with Gasteiger partial charge in [-0.3, -0.25) is 18.6 Å². The molecule has 1 amide bonds. The van der Waals surface area contributed by atoms with Gasteiger partial charge in [0.15, 0.2) is 5.82 Å². The quantitative estimate of drug-likeness (QED) is 0.406. The smallest absolute Gasteiger partial charge is 0.297 e. The van der Waals surface area contributed by atoms with E-state index in [0.717, 1.165) is 21.1 Å². The van der Waals surface area contributed by atoms with Gasteiger partial charge in [0.05, 0.1) is 11.0 Å². The van der Waals surface area contributed by atoms with Gasteiger partial charge in [0.1, 0.15) is 6.54 Å². The van der Waals surface area contributed by atoms with E-state index in [0.29, 0.717) is 17.0 Å². The average molecular weight is 488 g/mol. The first-order chi connectivity index (χ1) is 15.5. The minimum atomic E-state index is -0.375. The van der Waals surface area contributed by atoms with Gasteiger partial charge in [0.25, 0.3) is 5.56 Å². The molecule has 0 spiro atoms. The number of hydrogen-bond acceptors (Lipinski definition) is 4. The van der Waals surface area contributed by atoms with Crippen LogP contribution in [0.2, 0.25) is 0 Å². The summed E-state index contributed by atoms with van der Waals surface area (Å²) in [5.74, 6) is 0.280. The Morgan fingerprint density at radius 2 is 1.62 bits per heavy atom. The lowest BCUT2D eigenvalue weighted by Crippen LogP contribution is -2.29. The topological polar surface area (TPSA) is 81.3 Å². The lowest BCUT2D eigenvalue weighted by atomic mass is 10.1. The molecule has 0 bridgehead atoms. The van der Waals surface area contributed by atoms with Crippen LogP contribution in [0.3, 0.4) is 0 Å². The van der Waals surface area contributed by atoms with Crippen LogP contribution in [0.15, 0.2) is 82.1 Å². The minimum absolute atomic E-state index is 0.140. The van der Waals surface area contributed by atoms with E-state index in [9.17, 15) is 9.59 Å². The molecule has 2 aromatic heterocycles. The van der Waals surface area contributed by atoms with E-state index in [1.165, 1.54) is 4.57 Å². The molecule has 0 saturated carbocycles. The molecular weight excluding hydrogens is 470 g/mol. The second kappa shape index (κ2) is 8.05. The van der Waals surface area contributed by atoms with Crippen LogP contribution in [-0.2, 0) is 11.3 Å². The van der Waals surface area contributed by atoms with E-state index in [2.05, 4.69) is 31.4 Å². The van der Waals surface area contributed by atoms with Crippen molar-refractivity contribution in [3.05, 3.63) is 93.2 Å². The van der Waals surface area contributed by atoms with Gasteiger partial charge in [-0.25, -0.2) is 0 Å². The summed E-state index contributed by atoms with van der Waals surface area (Å²) in [5.41, 5.74) is 3.82. The number of nitrogens with one attached hydrogen (secondary N) is 1. The average Bonchev–Trinajstić information content (AvgIpc) is 3.24. The number of rotatable bonds is 4. The Labute approximate surface area is 191 Å². The molecule has 0 aliphatic rings. The Bertz CT molecular complexity index is 1520. The summed E-state index contributed by atoms with van der Waals surface area (Å²) in [5, 5.41) is 11.3. The Kier molecular flexibility index (Phi) is 5.07. The van der Waals surface area contributed by atoms with Crippen molar-refractivity contribution in [2.24, 2.45) is 0 Å². The number of carbonyl (C=O) groups excluding carboxylic acids is 1. The molecule has 2 heterocycles. The number of aryl methyl sites for hydroxylation is 1. The number of nitrogens with zero attached hydrogens (tertiary/aromatic N) is 4. The summed E-state index contributed by atoms with van der Waals surface area (Å²) < 4.78 is 4.11. The molecule has 8 heteroatoms. The SMILES string of the molecule is Cc1ccc(-c2nnc3c(=O)n(CC(=O)Nc4ccc(Br)cc4)c4ccccc4n23)cc1. The molecule has 1 N–H and O–H groups in total. The van der Waals surface area contributed by atoms with Crippen LogP contribution in [0, 0.1) is 6.92 Å². The second-order valence-corrected chi connectivity index (χ2v) is 8.40. The molecule has 0 aliphatic heterocycles. The molecule has 0 fully saturated rings. The molecule has 0 radical (unpaired) electrons. The lowest BCUT2D eigenvalue weighted by molar-refractivity contribution is -0.116.